The van der Waals surface area contributed by atoms with Crippen LogP contribution in [0.15, 0.2) is 0 Å². The van der Waals surface area contributed by atoms with Crippen molar-refractivity contribution in [2.45, 2.75) is 59.0 Å². The van der Waals surface area contributed by atoms with Gasteiger partial charge in [0.05, 0.1) is 6.42 Å². The second kappa shape index (κ2) is 6.78. The molecule has 19 heavy (non-hydrogen) atoms. The van der Waals surface area contributed by atoms with Crippen LogP contribution in [0, 0.1) is 5.92 Å². The fourth-order valence-corrected chi connectivity index (χ4v) is 2.65. The van der Waals surface area contributed by atoms with E-state index >= 15 is 0 Å². The van der Waals surface area contributed by atoms with Gasteiger partial charge in [-0.15, -0.1) is 0 Å². The molecule has 0 aromatic heterocycles. The first-order valence-corrected chi connectivity index (χ1v) is 7.12. The van der Waals surface area contributed by atoms with Crippen LogP contribution in [0.3, 0.4) is 0 Å². The number of aliphatic carboxylic acids is 1. The second-order valence-corrected chi connectivity index (χ2v) is 5.89. The van der Waals surface area contributed by atoms with Crippen LogP contribution in [0.2, 0.25) is 0 Å². The predicted molar refractivity (Wildman–Crippen MR) is 74.1 cm³/mol. The summed E-state index contributed by atoms with van der Waals surface area (Å²) < 4.78 is 0. The van der Waals surface area contributed by atoms with E-state index in [-0.39, 0.29) is 31.1 Å². The number of hydrogen-bond donors (Lipinski definition) is 1. The summed E-state index contributed by atoms with van der Waals surface area (Å²) >= 11 is 0. The Labute approximate surface area is 115 Å². The molecule has 1 aliphatic heterocycles. The Morgan fingerprint density at radius 3 is 2.47 bits per heavy atom. The van der Waals surface area contributed by atoms with Crippen molar-refractivity contribution in [1.82, 2.24) is 9.80 Å². The third-order valence-corrected chi connectivity index (χ3v) is 3.82. The molecule has 0 aromatic rings. The molecule has 1 saturated heterocycles. The molecule has 1 rings (SSSR count). The number of nitrogens with zero attached hydrogens (tertiary/aromatic N) is 2. The number of carbonyl (C=O) groups excluding carboxylic acids is 1. The molecule has 0 spiro atoms. The predicted octanol–water partition coefficient (Wildman–Crippen LogP) is 2.41. The van der Waals surface area contributed by atoms with Crippen LogP contribution in [0.5, 0.6) is 0 Å². The highest BCUT2D eigenvalue weighted by Crippen LogP contribution is 2.23. The number of piperidine rings is 1. The van der Waals surface area contributed by atoms with Crippen molar-refractivity contribution < 1.29 is 14.7 Å². The molecule has 1 heterocycles. The van der Waals surface area contributed by atoms with E-state index in [4.69, 9.17) is 5.11 Å². The molecule has 1 fully saturated rings. The van der Waals surface area contributed by atoms with Gasteiger partial charge in [0.25, 0.3) is 0 Å². The number of hydrogen-bond acceptors (Lipinski definition) is 2. The molecule has 0 aromatic carbocycles. The van der Waals surface area contributed by atoms with Crippen molar-refractivity contribution in [3.05, 3.63) is 0 Å². The Balaban J connectivity index is 2.68. The van der Waals surface area contributed by atoms with Crippen LogP contribution in [-0.4, -0.2) is 52.1 Å². The Kier molecular flexibility index (Phi) is 5.63. The first kappa shape index (κ1) is 15.8. The minimum Gasteiger partial charge on any atom is -0.481 e. The molecule has 0 bridgehead atoms. The number of urea groups is 1. The van der Waals surface area contributed by atoms with Crippen molar-refractivity contribution in [3.63, 3.8) is 0 Å². The van der Waals surface area contributed by atoms with E-state index in [2.05, 4.69) is 13.8 Å². The van der Waals surface area contributed by atoms with Gasteiger partial charge in [-0.05, 0) is 39.5 Å². The van der Waals surface area contributed by atoms with E-state index in [1.165, 1.54) is 0 Å². The average Bonchev–Trinajstić information content (AvgIpc) is 2.27. The summed E-state index contributed by atoms with van der Waals surface area (Å²) in [7, 11) is 0. The van der Waals surface area contributed by atoms with Gasteiger partial charge < -0.3 is 14.9 Å². The van der Waals surface area contributed by atoms with Crippen LogP contribution in [-0.2, 0) is 4.79 Å². The monoisotopic (exact) mass is 270 g/mol. The van der Waals surface area contributed by atoms with E-state index in [0.29, 0.717) is 5.92 Å². The lowest BCUT2D eigenvalue weighted by atomic mass is 9.93. The van der Waals surface area contributed by atoms with E-state index in [0.717, 1.165) is 19.4 Å². The normalized spacial score (nSPS) is 23.5. The number of amides is 2. The van der Waals surface area contributed by atoms with E-state index in [9.17, 15) is 9.59 Å². The maximum absolute atomic E-state index is 12.5. The first-order chi connectivity index (χ1) is 8.82. The molecule has 2 atom stereocenters. The standard InChI is InChI=1S/C14H26N2O3/c1-10(2)15(8-6-13(17)18)14(19)16-7-5-11(3)9-12(16)4/h10-12H,5-9H2,1-4H3,(H,17,18). The zero-order valence-electron chi connectivity index (χ0n) is 12.4. The van der Waals surface area contributed by atoms with Gasteiger partial charge in [0, 0.05) is 25.2 Å². The van der Waals surface area contributed by atoms with Gasteiger partial charge in [0.15, 0.2) is 0 Å². The smallest absolute Gasteiger partial charge is 0.320 e. The first-order valence-electron chi connectivity index (χ1n) is 7.12. The summed E-state index contributed by atoms with van der Waals surface area (Å²) in [5, 5.41) is 8.77. The molecule has 5 nitrogen and oxygen atoms in total. The van der Waals surface area contributed by atoms with Gasteiger partial charge in [0.2, 0.25) is 0 Å². The summed E-state index contributed by atoms with van der Waals surface area (Å²) in [6.45, 7) is 9.20. The summed E-state index contributed by atoms with van der Waals surface area (Å²) in [6, 6.07) is 0.247. The molecule has 0 saturated carbocycles. The second-order valence-electron chi connectivity index (χ2n) is 5.89. The maximum Gasteiger partial charge on any atom is 0.320 e. The van der Waals surface area contributed by atoms with Gasteiger partial charge in [-0.2, -0.15) is 0 Å². The molecule has 2 unspecified atom stereocenters. The maximum atomic E-state index is 12.5. The summed E-state index contributed by atoms with van der Waals surface area (Å²) in [5.41, 5.74) is 0. The van der Waals surface area contributed by atoms with E-state index in [1.54, 1.807) is 4.90 Å². The zero-order chi connectivity index (χ0) is 14.6. The molecule has 0 radical (unpaired) electrons. The quantitative estimate of drug-likeness (QED) is 0.853. The Hall–Kier alpha value is -1.26. The zero-order valence-corrected chi connectivity index (χ0v) is 12.4. The van der Waals surface area contributed by atoms with Crippen molar-refractivity contribution in [1.29, 1.82) is 0 Å². The largest absolute Gasteiger partial charge is 0.481 e. The molecule has 1 N–H and O–H groups in total. The third-order valence-electron chi connectivity index (χ3n) is 3.82. The fraction of sp³-hybridized carbons (Fsp3) is 0.857. The number of likely N-dealkylation sites (tertiary alicyclic amines) is 1. The van der Waals surface area contributed by atoms with Gasteiger partial charge in [-0.1, -0.05) is 6.92 Å². The van der Waals surface area contributed by atoms with Gasteiger partial charge >= 0.3 is 12.0 Å². The van der Waals surface area contributed by atoms with E-state index < -0.39 is 5.97 Å². The Bertz CT molecular complexity index is 331. The molecular weight excluding hydrogens is 244 g/mol. The van der Waals surface area contributed by atoms with Crippen LogP contribution in [0.4, 0.5) is 4.79 Å². The fourth-order valence-electron chi connectivity index (χ4n) is 2.65. The number of carbonyl (C=O) groups is 2. The lowest BCUT2D eigenvalue weighted by Crippen LogP contribution is -2.52. The number of carboxylic acids is 1. The lowest BCUT2D eigenvalue weighted by molar-refractivity contribution is -0.137. The van der Waals surface area contributed by atoms with Gasteiger partial charge in [0.1, 0.15) is 0 Å². The highest BCUT2D eigenvalue weighted by Gasteiger charge is 2.30. The highest BCUT2D eigenvalue weighted by atomic mass is 16.4. The SMILES string of the molecule is CC1CCN(C(=O)N(CCC(=O)O)C(C)C)C(C)C1. The van der Waals surface area contributed by atoms with Gasteiger partial charge in [-0.3, -0.25) is 4.79 Å². The van der Waals surface area contributed by atoms with Crippen molar-refractivity contribution >= 4 is 12.0 Å². The highest BCUT2D eigenvalue weighted by molar-refractivity contribution is 5.76. The third kappa shape index (κ3) is 4.40. The molecule has 110 valence electrons. The molecule has 2 amide bonds. The van der Waals surface area contributed by atoms with Crippen molar-refractivity contribution in [3.8, 4) is 0 Å². The number of rotatable bonds is 4. The van der Waals surface area contributed by atoms with Crippen LogP contribution >= 0.6 is 0 Å². The topological polar surface area (TPSA) is 60.9 Å². The summed E-state index contributed by atoms with van der Waals surface area (Å²) in [6.07, 6.45) is 2.06. The number of carboxylic acid groups (broad SMARTS) is 1. The van der Waals surface area contributed by atoms with E-state index in [1.807, 2.05) is 18.7 Å². The molecule has 0 aliphatic carbocycles. The van der Waals surface area contributed by atoms with Gasteiger partial charge in [-0.25, -0.2) is 4.79 Å². The summed E-state index contributed by atoms with van der Waals surface area (Å²) in [5.74, 6) is -0.204. The van der Waals surface area contributed by atoms with Crippen LogP contribution in [0.25, 0.3) is 0 Å². The minimum absolute atomic E-state index is 0.00252. The Morgan fingerprint density at radius 1 is 1.37 bits per heavy atom. The minimum atomic E-state index is -0.862. The molecular formula is C14H26N2O3. The lowest BCUT2D eigenvalue weighted by Gasteiger charge is -2.40. The average molecular weight is 270 g/mol. The van der Waals surface area contributed by atoms with Crippen molar-refractivity contribution in [2.24, 2.45) is 5.92 Å². The molecule has 5 heteroatoms. The Morgan fingerprint density at radius 2 is 2.00 bits per heavy atom. The molecule has 1 aliphatic rings. The van der Waals surface area contributed by atoms with Crippen LogP contribution in [0.1, 0.15) is 47.0 Å². The summed E-state index contributed by atoms with van der Waals surface area (Å²) in [4.78, 5) is 26.8. The van der Waals surface area contributed by atoms with Crippen molar-refractivity contribution in [2.75, 3.05) is 13.1 Å². The van der Waals surface area contributed by atoms with Crippen LogP contribution < -0.4 is 0 Å².